The molecule has 0 atom stereocenters. The number of sulfonamides is 1. The van der Waals surface area contributed by atoms with Crippen molar-refractivity contribution in [3.8, 4) is 0 Å². The number of amides is 1. The maximum atomic E-state index is 13.7. The number of benzene rings is 3. The predicted molar refractivity (Wildman–Crippen MR) is 107 cm³/mol. The Morgan fingerprint density at radius 2 is 1.61 bits per heavy atom. The number of halogens is 2. The van der Waals surface area contributed by atoms with Crippen LogP contribution in [0.4, 0.5) is 15.8 Å². The SMILES string of the molecule is O=C(Cc1ccccc1F)Nc1cccc(NS(=O)(=O)c2ccc(Cl)cc2)c1. The minimum absolute atomic E-state index is 0.0610. The number of carbonyl (C=O) groups is 1. The molecular formula is C20H16ClFN2O3S. The van der Waals surface area contributed by atoms with Crippen molar-refractivity contribution in [1.82, 2.24) is 0 Å². The second-order valence-corrected chi connectivity index (χ2v) is 8.08. The van der Waals surface area contributed by atoms with Gasteiger partial charge in [0.2, 0.25) is 5.91 Å². The second kappa shape index (κ2) is 8.41. The molecule has 3 aromatic rings. The summed E-state index contributed by atoms with van der Waals surface area (Å²) in [6, 6.07) is 18.0. The zero-order valence-electron chi connectivity index (χ0n) is 14.5. The summed E-state index contributed by atoms with van der Waals surface area (Å²) in [5, 5.41) is 3.06. The van der Waals surface area contributed by atoms with Gasteiger partial charge in [0.1, 0.15) is 5.82 Å². The van der Waals surface area contributed by atoms with E-state index in [-0.39, 0.29) is 22.6 Å². The first-order valence-corrected chi connectivity index (χ1v) is 10.1. The lowest BCUT2D eigenvalue weighted by atomic mass is 10.1. The van der Waals surface area contributed by atoms with Gasteiger partial charge in [-0.05, 0) is 54.1 Å². The van der Waals surface area contributed by atoms with E-state index < -0.39 is 21.7 Å². The van der Waals surface area contributed by atoms with Crippen LogP contribution >= 0.6 is 11.6 Å². The zero-order chi connectivity index (χ0) is 20.1. The molecule has 0 saturated heterocycles. The number of hydrogen-bond acceptors (Lipinski definition) is 3. The molecule has 0 aliphatic carbocycles. The number of hydrogen-bond donors (Lipinski definition) is 2. The lowest BCUT2D eigenvalue weighted by molar-refractivity contribution is -0.115. The summed E-state index contributed by atoms with van der Waals surface area (Å²) in [6.45, 7) is 0. The van der Waals surface area contributed by atoms with E-state index in [2.05, 4.69) is 10.0 Å². The standard InChI is InChI=1S/C20H16ClFN2O3S/c21-15-8-10-18(11-9-15)28(26,27)24-17-6-3-5-16(13-17)23-20(25)12-14-4-1-2-7-19(14)22/h1-11,13,24H,12H2,(H,23,25). The van der Waals surface area contributed by atoms with Crippen molar-refractivity contribution in [2.75, 3.05) is 10.0 Å². The Morgan fingerprint density at radius 3 is 2.32 bits per heavy atom. The number of rotatable bonds is 6. The van der Waals surface area contributed by atoms with Crippen LogP contribution in [0.25, 0.3) is 0 Å². The molecule has 28 heavy (non-hydrogen) atoms. The van der Waals surface area contributed by atoms with Gasteiger partial charge in [0, 0.05) is 10.7 Å². The van der Waals surface area contributed by atoms with Crippen LogP contribution in [0, 0.1) is 5.82 Å². The van der Waals surface area contributed by atoms with Gasteiger partial charge in [-0.25, -0.2) is 12.8 Å². The average Bonchev–Trinajstić information content (AvgIpc) is 2.64. The summed E-state index contributed by atoms with van der Waals surface area (Å²) in [4.78, 5) is 12.2. The summed E-state index contributed by atoms with van der Waals surface area (Å²) in [5.74, 6) is -0.870. The molecule has 0 aliphatic rings. The van der Waals surface area contributed by atoms with Crippen LogP contribution < -0.4 is 10.0 Å². The van der Waals surface area contributed by atoms with Crippen molar-refractivity contribution in [2.45, 2.75) is 11.3 Å². The van der Waals surface area contributed by atoms with Crippen molar-refractivity contribution in [3.05, 3.63) is 89.2 Å². The highest BCUT2D eigenvalue weighted by atomic mass is 35.5. The third kappa shape index (κ3) is 5.09. The Morgan fingerprint density at radius 1 is 0.929 bits per heavy atom. The summed E-state index contributed by atoms with van der Waals surface area (Å²) < 4.78 is 41.0. The van der Waals surface area contributed by atoms with E-state index >= 15 is 0 Å². The molecule has 1 amide bonds. The van der Waals surface area contributed by atoms with E-state index in [0.29, 0.717) is 10.7 Å². The van der Waals surface area contributed by atoms with Gasteiger partial charge in [-0.1, -0.05) is 35.9 Å². The number of carbonyl (C=O) groups excluding carboxylic acids is 1. The van der Waals surface area contributed by atoms with Crippen LogP contribution in [0.1, 0.15) is 5.56 Å². The topological polar surface area (TPSA) is 75.3 Å². The van der Waals surface area contributed by atoms with Gasteiger partial charge in [-0.3, -0.25) is 9.52 Å². The van der Waals surface area contributed by atoms with Gasteiger partial charge in [-0.15, -0.1) is 0 Å². The van der Waals surface area contributed by atoms with Crippen LogP contribution in [0.3, 0.4) is 0 Å². The number of nitrogens with one attached hydrogen (secondary N) is 2. The highest BCUT2D eigenvalue weighted by Gasteiger charge is 2.14. The summed E-state index contributed by atoms with van der Waals surface area (Å²) in [5.41, 5.74) is 0.941. The normalized spacial score (nSPS) is 11.1. The molecule has 144 valence electrons. The fourth-order valence-electron chi connectivity index (χ4n) is 2.51. The van der Waals surface area contributed by atoms with Gasteiger partial charge in [0.05, 0.1) is 17.0 Å². The van der Waals surface area contributed by atoms with Crippen LogP contribution in [0.15, 0.2) is 77.7 Å². The molecule has 0 spiro atoms. The molecule has 0 unspecified atom stereocenters. The third-order valence-corrected chi connectivity index (χ3v) is 5.48. The molecule has 0 aromatic heterocycles. The maximum Gasteiger partial charge on any atom is 0.261 e. The Labute approximate surface area is 167 Å². The Kier molecular flexibility index (Phi) is 5.96. The van der Waals surface area contributed by atoms with Gasteiger partial charge >= 0.3 is 0 Å². The smallest absolute Gasteiger partial charge is 0.261 e. The van der Waals surface area contributed by atoms with E-state index in [1.54, 1.807) is 30.3 Å². The molecule has 5 nitrogen and oxygen atoms in total. The molecule has 3 rings (SSSR count). The fourth-order valence-corrected chi connectivity index (χ4v) is 3.68. The van der Waals surface area contributed by atoms with Crippen LogP contribution in [0.2, 0.25) is 5.02 Å². The second-order valence-electron chi connectivity index (χ2n) is 5.96. The first-order valence-electron chi connectivity index (χ1n) is 8.25. The molecule has 0 aliphatic heterocycles. The van der Waals surface area contributed by atoms with E-state index in [9.17, 15) is 17.6 Å². The van der Waals surface area contributed by atoms with Gasteiger partial charge in [0.25, 0.3) is 10.0 Å². The highest BCUT2D eigenvalue weighted by Crippen LogP contribution is 2.21. The van der Waals surface area contributed by atoms with Crippen molar-refractivity contribution < 1.29 is 17.6 Å². The highest BCUT2D eigenvalue weighted by molar-refractivity contribution is 7.92. The van der Waals surface area contributed by atoms with Crippen LogP contribution in [0.5, 0.6) is 0 Å². The van der Waals surface area contributed by atoms with Gasteiger partial charge < -0.3 is 5.32 Å². The lowest BCUT2D eigenvalue weighted by Crippen LogP contribution is -2.16. The molecular weight excluding hydrogens is 403 g/mol. The maximum absolute atomic E-state index is 13.7. The molecule has 8 heteroatoms. The first-order chi connectivity index (χ1) is 13.3. The molecule has 0 saturated carbocycles. The van der Waals surface area contributed by atoms with Crippen molar-refractivity contribution in [2.24, 2.45) is 0 Å². The largest absolute Gasteiger partial charge is 0.326 e. The molecule has 0 radical (unpaired) electrons. The van der Waals surface area contributed by atoms with Crippen LogP contribution in [-0.2, 0) is 21.2 Å². The molecule has 3 aromatic carbocycles. The lowest BCUT2D eigenvalue weighted by Gasteiger charge is -2.11. The van der Waals surface area contributed by atoms with Crippen LogP contribution in [-0.4, -0.2) is 14.3 Å². The Bertz CT molecular complexity index is 1100. The monoisotopic (exact) mass is 418 g/mol. The van der Waals surface area contributed by atoms with Crippen molar-refractivity contribution >= 4 is 38.9 Å². The number of anilines is 2. The third-order valence-electron chi connectivity index (χ3n) is 3.83. The summed E-state index contributed by atoms with van der Waals surface area (Å²) in [7, 11) is -3.80. The molecule has 2 N–H and O–H groups in total. The Balaban J connectivity index is 1.71. The minimum Gasteiger partial charge on any atom is -0.326 e. The van der Waals surface area contributed by atoms with Gasteiger partial charge in [-0.2, -0.15) is 0 Å². The van der Waals surface area contributed by atoms with E-state index in [1.807, 2.05) is 0 Å². The van der Waals surface area contributed by atoms with Gasteiger partial charge in [0.15, 0.2) is 0 Å². The molecule has 0 bridgehead atoms. The summed E-state index contributed by atoms with van der Waals surface area (Å²) >= 11 is 5.78. The average molecular weight is 419 g/mol. The molecule has 0 heterocycles. The van der Waals surface area contributed by atoms with Crippen molar-refractivity contribution in [3.63, 3.8) is 0 Å². The van der Waals surface area contributed by atoms with Crippen molar-refractivity contribution in [1.29, 1.82) is 0 Å². The van der Waals surface area contributed by atoms with E-state index in [1.165, 1.54) is 42.5 Å². The Hall–Kier alpha value is -2.90. The zero-order valence-corrected chi connectivity index (χ0v) is 16.1. The van der Waals surface area contributed by atoms with E-state index in [0.717, 1.165) is 0 Å². The molecule has 0 fully saturated rings. The first kappa shape index (κ1) is 19.9. The minimum atomic E-state index is -3.80. The predicted octanol–water partition coefficient (Wildman–Crippen LogP) is 4.46. The van der Waals surface area contributed by atoms with E-state index in [4.69, 9.17) is 11.6 Å². The summed E-state index contributed by atoms with van der Waals surface area (Å²) in [6.07, 6.45) is -0.132. The quantitative estimate of drug-likeness (QED) is 0.620. The fraction of sp³-hybridized carbons (Fsp3) is 0.0500.